The molecule has 0 aliphatic rings. The molecule has 0 aliphatic carbocycles. The van der Waals surface area contributed by atoms with Gasteiger partial charge >= 0.3 is 0 Å². The molecule has 17 heavy (non-hydrogen) atoms. The molecule has 6 nitrogen and oxygen atoms in total. The van der Waals surface area contributed by atoms with Crippen LogP contribution in [-0.4, -0.2) is 33.4 Å². The Bertz CT molecular complexity index is 444. The SMILES string of the molecule is CCNc1cc(-n2cccn2)nc(COC)n1. The first-order chi connectivity index (χ1) is 8.33. The number of aromatic nitrogens is 4. The molecule has 2 aromatic heterocycles. The van der Waals surface area contributed by atoms with Gasteiger partial charge in [-0.05, 0) is 13.0 Å². The first-order valence-electron chi connectivity index (χ1n) is 5.44. The fourth-order valence-electron chi connectivity index (χ4n) is 1.47. The van der Waals surface area contributed by atoms with E-state index in [2.05, 4.69) is 20.4 Å². The minimum Gasteiger partial charge on any atom is -0.377 e. The second-order valence-electron chi connectivity index (χ2n) is 3.44. The van der Waals surface area contributed by atoms with Gasteiger partial charge in [0.25, 0.3) is 0 Å². The largest absolute Gasteiger partial charge is 0.377 e. The number of nitrogens with zero attached hydrogens (tertiary/aromatic N) is 4. The summed E-state index contributed by atoms with van der Waals surface area (Å²) < 4.78 is 6.75. The lowest BCUT2D eigenvalue weighted by atomic mass is 10.4. The normalized spacial score (nSPS) is 10.5. The summed E-state index contributed by atoms with van der Waals surface area (Å²) in [5.41, 5.74) is 0. The van der Waals surface area contributed by atoms with Gasteiger partial charge in [-0.3, -0.25) is 0 Å². The molecule has 6 heteroatoms. The molecule has 0 spiro atoms. The Balaban J connectivity index is 2.37. The summed E-state index contributed by atoms with van der Waals surface area (Å²) in [6.45, 7) is 3.21. The Labute approximate surface area is 99.7 Å². The van der Waals surface area contributed by atoms with E-state index in [9.17, 15) is 0 Å². The molecule has 0 fully saturated rings. The Morgan fingerprint density at radius 2 is 2.29 bits per heavy atom. The first kappa shape index (κ1) is 11.5. The third kappa shape index (κ3) is 2.79. The molecule has 90 valence electrons. The topological polar surface area (TPSA) is 64.9 Å². The summed E-state index contributed by atoms with van der Waals surface area (Å²) in [4.78, 5) is 8.71. The molecule has 0 atom stereocenters. The molecular formula is C11H15N5O. The zero-order valence-electron chi connectivity index (χ0n) is 9.92. The van der Waals surface area contributed by atoms with Crippen molar-refractivity contribution < 1.29 is 4.74 Å². The second kappa shape index (κ2) is 5.40. The monoisotopic (exact) mass is 233 g/mol. The Morgan fingerprint density at radius 1 is 1.41 bits per heavy atom. The van der Waals surface area contributed by atoms with Gasteiger partial charge in [-0.1, -0.05) is 0 Å². The average Bonchev–Trinajstić information content (AvgIpc) is 2.83. The maximum absolute atomic E-state index is 5.05. The second-order valence-corrected chi connectivity index (χ2v) is 3.44. The Kier molecular flexibility index (Phi) is 3.66. The van der Waals surface area contributed by atoms with Crippen molar-refractivity contribution in [2.45, 2.75) is 13.5 Å². The Hall–Kier alpha value is -1.95. The van der Waals surface area contributed by atoms with Crippen LogP contribution in [0.15, 0.2) is 24.5 Å². The van der Waals surface area contributed by atoms with Crippen molar-refractivity contribution in [1.29, 1.82) is 0 Å². The maximum Gasteiger partial charge on any atom is 0.159 e. The highest BCUT2D eigenvalue weighted by Crippen LogP contribution is 2.10. The lowest BCUT2D eigenvalue weighted by Crippen LogP contribution is -2.08. The van der Waals surface area contributed by atoms with Crippen molar-refractivity contribution in [3.63, 3.8) is 0 Å². The lowest BCUT2D eigenvalue weighted by Gasteiger charge is -2.08. The maximum atomic E-state index is 5.05. The molecule has 0 bridgehead atoms. The van der Waals surface area contributed by atoms with E-state index in [1.54, 1.807) is 18.0 Å². The zero-order valence-corrected chi connectivity index (χ0v) is 9.92. The number of hydrogen-bond donors (Lipinski definition) is 1. The van der Waals surface area contributed by atoms with Gasteiger partial charge in [0.15, 0.2) is 11.6 Å². The van der Waals surface area contributed by atoms with Crippen LogP contribution < -0.4 is 5.32 Å². The van der Waals surface area contributed by atoms with E-state index in [0.29, 0.717) is 12.4 Å². The van der Waals surface area contributed by atoms with Crippen LogP contribution in [0.2, 0.25) is 0 Å². The van der Waals surface area contributed by atoms with Gasteiger partial charge in [0.05, 0.1) is 0 Å². The minimum atomic E-state index is 0.382. The standard InChI is InChI=1S/C11H15N5O/c1-3-12-9-7-11(16-6-4-5-13-16)15-10(14-9)8-17-2/h4-7H,3,8H2,1-2H3,(H,12,14,15). The number of methoxy groups -OCH3 is 1. The molecule has 0 radical (unpaired) electrons. The quantitative estimate of drug-likeness (QED) is 0.841. The van der Waals surface area contributed by atoms with Gasteiger partial charge in [0.2, 0.25) is 0 Å². The molecular weight excluding hydrogens is 218 g/mol. The van der Waals surface area contributed by atoms with E-state index in [1.165, 1.54) is 0 Å². The van der Waals surface area contributed by atoms with Crippen molar-refractivity contribution in [2.75, 3.05) is 19.0 Å². The van der Waals surface area contributed by atoms with Gasteiger partial charge in [0.1, 0.15) is 12.4 Å². The highest BCUT2D eigenvalue weighted by molar-refractivity contribution is 5.41. The molecule has 2 rings (SSSR count). The summed E-state index contributed by atoms with van der Waals surface area (Å²) >= 11 is 0. The van der Waals surface area contributed by atoms with Crippen LogP contribution in [0.5, 0.6) is 0 Å². The molecule has 2 aromatic rings. The van der Waals surface area contributed by atoms with E-state index >= 15 is 0 Å². The van der Waals surface area contributed by atoms with Crippen LogP contribution in [0.3, 0.4) is 0 Å². The predicted molar refractivity (Wildman–Crippen MR) is 64.0 cm³/mol. The number of nitrogens with one attached hydrogen (secondary N) is 1. The van der Waals surface area contributed by atoms with Crippen molar-refractivity contribution in [3.05, 3.63) is 30.4 Å². The lowest BCUT2D eigenvalue weighted by molar-refractivity contribution is 0.178. The van der Waals surface area contributed by atoms with Gasteiger partial charge in [-0.25, -0.2) is 14.6 Å². The van der Waals surface area contributed by atoms with Crippen LogP contribution in [0.1, 0.15) is 12.7 Å². The summed E-state index contributed by atoms with van der Waals surface area (Å²) in [5.74, 6) is 2.14. The van der Waals surface area contributed by atoms with Crippen LogP contribution >= 0.6 is 0 Å². The zero-order chi connectivity index (χ0) is 12.1. The smallest absolute Gasteiger partial charge is 0.159 e. The highest BCUT2D eigenvalue weighted by atomic mass is 16.5. The molecule has 0 amide bonds. The molecule has 0 saturated heterocycles. The molecule has 0 saturated carbocycles. The Morgan fingerprint density at radius 3 is 2.94 bits per heavy atom. The summed E-state index contributed by atoms with van der Waals surface area (Å²) in [7, 11) is 1.62. The van der Waals surface area contributed by atoms with Gasteiger partial charge in [-0.2, -0.15) is 5.10 Å². The average molecular weight is 233 g/mol. The summed E-state index contributed by atoms with van der Waals surface area (Å²) in [6, 6.07) is 3.71. The van der Waals surface area contributed by atoms with E-state index in [0.717, 1.165) is 18.2 Å². The van der Waals surface area contributed by atoms with Gasteiger partial charge in [-0.15, -0.1) is 0 Å². The molecule has 1 N–H and O–H groups in total. The van der Waals surface area contributed by atoms with Crippen LogP contribution in [-0.2, 0) is 11.3 Å². The van der Waals surface area contributed by atoms with E-state index in [-0.39, 0.29) is 0 Å². The van der Waals surface area contributed by atoms with Gasteiger partial charge in [0, 0.05) is 32.1 Å². The molecule has 0 unspecified atom stereocenters. The fraction of sp³-hybridized carbons (Fsp3) is 0.364. The van der Waals surface area contributed by atoms with E-state index in [4.69, 9.17) is 4.74 Å². The van der Waals surface area contributed by atoms with Crippen LogP contribution in [0.4, 0.5) is 5.82 Å². The molecule has 0 aromatic carbocycles. The summed E-state index contributed by atoms with van der Waals surface area (Å²) in [5, 5.41) is 7.31. The molecule has 2 heterocycles. The fourth-order valence-corrected chi connectivity index (χ4v) is 1.47. The van der Waals surface area contributed by atoms with Crippen LogP contribution in [0, 0.1) is 0 Å². The van der Waals surface area contributed by atoms with Crippen LogP contribution in [0.25, 0.3) is 5.82 Å². The van der Waals surface area contributed by atoms with Crippen molar-refractivity contribution >= 4 is 5.82 Å². The first-order valence-corrected chi connectivity index (χ1v) is 5.44. The highest BCUT2D eigenvalue weighted by Gasteiger charge is 2.05. The van der Waals surface area contributed by atoms with Crippen molar-refractivity contribution in [1.82, 2.24) is 19.7 Å². The third-order valence-corrected chi connectivity index (χ3v) is 2.13. The van der Waals surface area contributed by atoms with Crippen molar-refractivity contribution in [3.8, 4) is 5.82 Å². The summed E-state index contributed by atoms with van der Waals surface area (Å²) in [6.07, 6.45) is 3.56. The predicted octanol–water partition coefficient (Wildman–Crippen LogP) is 1.24. The third-order valence-electron chi connectivity index (χ3n) is 2.13. The van der Waals surface area contributed by atoms with Crippen molar-refractivity contribution in [2.24, 2.45) is 0 Å². The number of ether oxygens (including phenoxy) is 1. The van der Waals surface area contributed by atoms with E-state index < -0.39 is 0 Å². The molecule has 0 aliphatic heterocycles. The number of anilines is 1. The minimum absolute atomic E-state index is 0.382. The number of hydrogen-bond acceptors (Lipinski definition) is 5. The van der Waals surface area contributed by atoms with E-state index in [1.807, 2.05) is 25.3 Å². The van der Waals surface area contributed by atoms with Gasteiger partial charge < -0.3 is 10.1 Å². The number of rotatable bonds is 5.